The lowest BCUT2D eigenvalue weighted by molar-refractivity contribution is 0.243. The zero-order valence-electron chi connectivity index (χ0n) is 9.08. The minimum absolute atomic E-state index is 0.107. The summed E-state index contributed by atoms with van der Waals surface area (Å²) < 4.78 is 0. The molecule has 0 aliphatic heterocycles. The van der Waals surface area contributed by atoms with Crippen LogP contribution in [0.5, 0.6) is 0 Å². The van der Waals surface area contributed by atoms with E-state index >= 15 is 0 Å². The molecule has 0 saturated carbocycles. The minimum Gasteiger partial charge on any atom is -0.394 e. The van der Waals surface area contributed by atoms with Crippen molar-refractivity contribution in [2.75, 3.05) is 13.2 Å². The van der Waals surface area contributed by atoms with Gasteiger partial charge in [0, 0.05) is 9.75 Å². The van der Waals surface area contributed by atoms with Gasteiger partial charge in [0.2, 0.25) is 0 Å². The van der Waals surface area contributed by atoms with Crippen LogP contribution in [-0.4, -0.2) is 18.3 Å². The van der Waals surface area contributed by atoms with E-state index in [9.17, 15) is 5.11 Å². The van der Waals surface area contributed by atoms with Crippen molar-refractivity contribution >= 4 is 11.3 Å². The first-order chi connectivity index (χ1) is 6.63. The number of hydrogen-bond acceptors (Lipinski definition) is 3. The van der Waals surface area contributed by atoms with E-state index in [1.807, 2.05) is 0 Å². The second-order valence-corrected chi connectivity index (χ2v) is 5.31. The Morgan fingerprint density at radius 3 is 2.57 bits per heavy atom. The second-order valence-electron chi connectivity index (χ2n) is 3.99. The lowest BCUT2D eigenvalue weighted by Crippen LogP contribution is -2.27. The van der Waals surface area contributed by atoms with Gasteiger partial charge in [-0.2, -0.15) is 0 Å². The van der Waals surface area contributed by atoms with Crippen molar-refractivity contribution in [3.05, 3.63) is 21.9 Å². The monoisotopic (exact) mass is 213 g/mol. The summed E-state index contributed by atoms with van der Waals surface area (Å²) in [5.74, 6) is 0.616. The summed E-state index contributed by atoms with van der Waals surface area (Å²) >= 11 is 1.75. The molecule has 0 spiro atoms. The fourth-order valence-electron chi connectivity index (χ4n) is 1.27. The molecule has 1 heterocycles. The van der Waals surface area contributed by atoms with Gasteiger partial charge in [-0.15, -0.1) is 11.3 Å². The van der Waals surface area contributed by atoms with E-state index in [1.54, 1.807) is 11.3 Å². The third-order valence-electron chi connectivity index (χ3n) is 2.06. The number of aliphatic hydroxyl groups is 1. The molecule has 80 valence electrons. The van der Waals surface area contributed by atoms with Gasteiger partial charge in [0.25, 0.3) is 0 Å². The predicted octanol–water partition coefficient (Wildman–Crippen LogP) is 2.34. The van der Waals surface area contributed by atoms with Crippen molar-refractivity contribution in [2.45, 2.75) is 26.8 Å². The van der Waals surface area contributed by atoms with Crippen LogP contribution < -0.4 is 5.32 Å². The largest absolute Gasteiger partial charge is 0.394 e. The van der Waals surface area contributed by atoms with E-state index < -0.39 is 0 Å². The molecule has 3 heteroatoms. The zero-order chi connectivity index (χ0) is 10.6. The summed E-state index contributed by atoms with van der Waals surface area (Å²) in [6, 6.07) is 4.30. The predicted molar refractivity (Wildman–Crippen MR) is 61.7 cm³/mol. The van der Waals surface area contributed by atoms with E-state index in [4.69, 9.17) is 0 Å². The van der Waals surface area contributed by atoms with Gasteiger partial charge in [0.05, 0.1) is 12.6 Å². The SMILES string of the molecule is Cc1ccc(C(CO)NCC(C)C)s1. The maximum Gasteiger partial charge on any atom is 0.0649 e. The topological polar surface area (TPSA) is 32.3 Å². The molecule has 1 aromatic rings. The number of thiophene rings is 1. The maximum atomic E-state index is 9.25. The molecular weight excluding hydrogens is 194 g/mol. The lowest BCUT2D eigenvalue weighted by atomic mass is 10.2. The Balaban J connectivity index is 2.54. The highest BCUT2D eigenvalue weighted by Crippen LogP contribution is 2.22. The van der Waals surface area contributed by atoms with Gasteiger partial charge >= 0.3 is 0 Å². The molecule has 0 radical (unpaired) electrons. The molecule has 14 heavy (non-hydrogen) atoms. The average Bonchev–Trinajstić information content (AvgIpc) is 2.53. The van der Waals surface area contributed by atoms with Crippen LogP contribution in [0.3, 0.4) is 0 Å². The number of rotatable bonds is 5. The van der Waals surface area contributed by atoms with Crippen LogP contribution in [-0.2, 0) is 0 Å². The highest BCUT2D eigenvalue weighted by molar-refractivity contribution is 7.12. The van der Waals surface area contributed by atoms with Gasteiger partial charge in [-0.3, -0.25) is 0 Å². The number of hydrogen-bond donors (Lipinski definition) is 2. The van der Waals surface area contributed by atoms with Crippen LogP contribution in [0, 0.1) is 12.8 Å². The Morgan fingerprint density at radius 1 is 1.43 bits per heavy atom. The number of aryl methyl sites for hydroxylation is 1. The van der Waals surface area contributed by atoms with Crippen LogP contribution in [0.4, 0.5) is 0 Å². The molecule has 0 aliphatic carbocycles. The molecule has 0 fully saturated rings. The Morgan fingerprint density at radius 2 is 2.14 bits per heavy atom. The van der Waals surface area contributed by atoms with E-state index in [2.05, 4.69) is 38.2 Å². The molecule has 1 rings (SSSR count). The molecule has 0 amide bonds. The summed E-state index contributed by atoms with van der Waals surface area (Å²) in [6.45, 7) is 7.54. The molecule has 2 nitrogen and oxygen atoms in total. The van der Waals surface area contributed by atoms with Crippen molar-refractivity contribution in [1.82, 2.24) is 5.32 Å². The van der Waals surface area contributed by atoms with Crippen LogP contribution >= 0.6 is 11.3 Å². The Hall–Kier alpha value is -0.380. The first-order valence-corrected chi connectivity index (χ1v) is 5.85. The normalized spacial score (nSPS) is 13.5. The molecule has 0 bridgehead atoms. The standard InChI is InChI=1S/C11H19NOS/c1-8(2)6-12-10(7-13)11-5-4-9(3)14-11/h4-5,8,10,12-13H,6-7H2,1-3H3. The van der Waals surface area contributed by atoms with E-state index in [1.165, 1.54) is 9.75 Å². The highest BCUT2D eigenvalue weighted by atomic mass is 32.1. The van der Waals surface area contributed by atoms with Gasteiger partial charge in [-0.25, -0.2) is 0 Å². The van der Waals surface area contributed by atoms with Crippen molar-refractivity contribution in [3.63, 3.8) is 0 Å². The molecule has 0 saturated heterocycles. The van der Waals surface area contributed by atoms with E-state index in [0.29, 0.717) is 5.92 Å². The maximum absolute atomic E-state index is 9.25. The zero-order valence-corrected chi connectivity index (χ0v) is 9.90. The average molecular weight is 213 g/mol. The van der Waals surface area contributed by atoms with Crippen molar-refractivity contribution in [1.29, 1.82) is 0 Å². The third-order valence-corrected chi connectivity index (χ3v) is 3.17. The Kier molecular flexibility index (Phi) is 4.58. The van der Waals surface area contributed by atoms with E-state index in [0.717, 1.165) is 6.54 Å². The quantitative estimate of drug-likeness (QED) is 0.787. The third kappa shape index (κ3) is 3.40. The van der Waals surface area contributed by atoms with E-state index in [-0.39, 0.29) is 12.6 Å². The lowest BCUT2D eigenvalue weighted by Gasteiger charge is -2.16. The van der Waals surface area contributed by atoms with Gasteiger partial charge in [-0.1, -0.05) is 13.8 Å². The summed E-state index contributed by atoms with van der Waals surface area (Å²) in [6.07, 6.45) is 0. The first-order valence-electron chi connectivity index (χ1n) is 5.04. The smallest absolute Gasteiger partial charge is 0.0649 e. The highest BCUT2D eigenvalue weighted by Gasteiger charge is 2.11. The Labute approximate surface area is 90.0 Å². The molecule has 1 unspecified atom stereocenters. The molecule has 0 aromatic carbocycles. The van der Waals surface area contributed by atoms with Gasteiger partial charge in [0.1, 0.15) is 0 Å². The summed E-state index contributed by atoms with van der Waals surface area (Å²) in [7, 11) is 0. The molecule has 0 aliphatic rings. The summed E-state index contributed by atoms with van der Waals surface area (Å²) in [5, 5.41) is 12.6. The molecule has 1 aromatic heterocycles. The molecule has 2 N–H and O–H groups in total. The Bertz CT molecular complexity index is 270. The van der Waals surface area contributed by atoms with Crippen LogP contribution in [0.2, 0.25) is 0 Å². The second kappa shape index (κ2) is 5.49. The summed E-state index contributed by atoms with van der Waals surface area (Å²) in [4.78, 5) is 2.52. The fraction of sp³-hybridized carbons (Fsp3) is 0.636. The fourth-order valence-corrected chi connectivity index (χ4v) is 2.22. The number of aliphatic hydroxyl groups excluding tert-OH is 1. The van der Waals surface area contributed by atoms with Crippen LogP contribution in [0.15, 0.2) is 12.1 Å². The molecular formula is C11H19NOS. The van der Waals surface area contributed by atoms with Gasteiger partial charge in [-0.05, 0) is 31.5 Å². The first kappa shape index (κ1) is 11.7. The van der Waals surface area contributed by atoms with Crippen LogP contribution in [0.1, 0.15) is 29.6 Å². The van der Waals surface area contributed by atoms with Crippen LogP contribution in [0.25, 0.3) is 0 Å². The van der Waals surface area contributed by atoms with Gasteiger partial charge < -0.3 is 10.4 Å². The van der Waals surface area contributed by atoms with Crippen molar-refractivity contribution in [3.8, 4) is 0 Å². The molecule has 1 atom stereocenters. The summed E-state index contributed by atoms with van der Waals surface area (Å²) in [5.41, 5.74) is 0. The number of nitrogens with one attached hydrogen (secondary N) is 1. The minimum atomic E-state index is 0.107. The van der Waals surface area contributed by atoms with Crippen molar-refractivity contribution < 1.29 is 5.11 Å². The van der Waals surface area contributed by atoms with Crippen molar-refractivity contribution in [2.24, 2.45) is 5.92 Å². The van der Waals surface area contributed by atoms with Gasteiger partial charge in [0.15, 0.2) is 0 Å².